The number of hydrogen-bond donors (Lipinski definition) is 1. The number of halogens is 3. The van der Waals surface area contributed by atoms with Crippen molar-refractivity contribution in [2.45, 2.75) is 12.8 Å². The fourth-order valence-corrected chi connectivity index (χ4v) is 1.03. The number of aromatic hydroxyl groups is 1. The number of phenolic OH excluding ortho intramolecular Hbond substituents is 1. The van der Waals surface area contributed by atoms with Crippen LogP contribution in [0.3, 0.4) is 0 Å². The van der Waals surface area contributed by atoms with Gasteiger partial charge in [-0.25, -0.2) is 8.78 Å². The zero-order valence-corrected chi connectivity index (χ0v) is 7.90. The topological polar surface area (TPSA) is 20.2 Å². The zero-order valence-electron chi connectivity index (χ0n) is 6.31. The Morgan fingerprint density at radius 1 is 1.42 bits per heavy atom. The molecule has 0 unspecified atom stereocenters. The van der Waals surface area contributed by atoms with Crippen molar-refractivity contribution in [3.05, 3.63) is 28.2 Å². The predicted molar refractivity (Wildman–Crippen MR) is 45.4 cm³/mol. The Hall–Kier alpha value is -0.640. The highest BCUT2D eigenvalue weighted by atomic mass is 79.9. The number of alkyl halides is 2. The van der Waals surface area contributed by atoms with Gasteiger partial charge in [-0.2, -0.15) is 0 Å². The molecule has 0 spiro atoms. The standard InChI is InChI=1S/C8H7BrF2O/c1-8(10,11)5-2-3-6(9)7(12)4-5/h2-4,12H,1H3. The molecule has 0 fully saturated rings. The molecule has 0 saturated heterocycles. The Balaban J connectivity index is 3.14. The summed E-state index contributed by atoms with van der Waals surface area (Å²) in [6.07, 6.45) is 0. The predicted octanol–water partition coefficient (Wildman–Crippen LogP) is 3.27. The van der Waals surface area contributed by atoms with Gasteiger partial charge in [0.15, 0.2) is 0 Å². The highest BCUT2D eigenvalue weighted by Gasteiger charge is 2.24. The first kappa shape index (κ1) is 9.45. The molecule has 1 aromatic carbocycles. The maximum atomic E-state index is 12.6. The van der Waals surface area contributed by atoms with Gasteiger partial charge in [-0.1, -0.05) is 6.07 Å². The van der Waals surface area contributed by atoms with Crippen molar-refractivity contribution < 1.29 is 13.9 Å². The highest BCUT2D eigenvalue weighted by Crippen LogP contribution is 2.32. The van der Waals surface area contributed by atoms with Crippen LogP contribution in [0, 0.1) is 0 Å². The quantitative estimate of drug-likeness (QED) is 0.794. The van der Waals surface area contributed by atoms with Crippen molar-refractivity contribution in [1.29, 1.82) is 0 Å². The Labute approximate surface area is 77.2 Å². The van der Waals surface area contributed by atoms with Crippen LogP contribution in [-0.2, 0) is 5.92 Å². The van der Waals surface area contributed by atoms with Gasteiger partial charge in [0.2, 0.25) is 0 Å². The third-order valence-electron chi connectivity index (χ3n) is 1.45. The molecule has 4 heteroatoms. The van der Waals surface area contributed by atoms with Gasteiger partial charge in [0.1, 0.15) is 5.75 Å². The van der Waals surface area contributed by atoms with E-state index in [4.69, 9.17) is 5.11 Å². The third kappa shape index (κ3) is 1.94. The van der Waals surface area contributed by atoms with Crippen LogP contribution in [0.1, 0.15) is 12.5 Å². The Morgan fingerprint density at radius 2 is 2.00 bits per heavy atom. The van der Waals surface area contributed by atoms with E-state index in [-0.39, 0.29) is 11.3 Å². The maximum absolute atomic E-state index is 12.6. The molecule has 0 aliphatic carbocycles. The van der Waals surface area contributed by atoms with Crippen LogP contribution in [0.25, 0.3) is 0 Å². The minimum Gasteiger partial charge on any atom is -0.507 e. The molecule has 66 valence electrons. The van der Waals surface area contributed by atoms with E-state index >= 15 is 0 Å². The molecule has 1 aromatic rings. The first-order valence-electron chi connectivity index (χ1n) is 3.28. The van der Waals surface area contributed by atoms with Crippen LogP contribution in [0.4, 0.5) is 8.78 Å². The van der Waals surface area contributed by atoms with Gasteiger partial charge in [-0.15, -0.1) is 0 Å². The van der Waals surface area contributed by atoms with E-state index < -0.39 is 5.92 Å². The van der Waals surface area contributed by atoms with Gasteiger partial charge in [0, 0.05) is 12.5 Å². The normalized spacial score (nSPS) is 11.7. The number of rotatable bonds is 1. The molecule has 0 amide bonds. The van der Waals surface area contributed by atoms with E-state index in [0.29, 0.717) is 4.47 Å². The van der Waals surface area contributed by atoms with E-state index in [1.807, 2.05) is 0 Å². The Morgan fingerprint density at radius 3 is 2.42 bits per heavy atom. The summed E-state index contributed by atoms with van der Waals surface area (Å²) in [7, 11) is 0. The van der Waals surface area contributed by atoms with Gasteiger partial charge >= 0.3 is 0 Å². The molecule has 0 bridgehead atoms. The summed E-state index contributed by atoms with van der Waals surface area (Å²) in [5, 5.41) is 9.08. The minimum atomic E-state index is -2.90. The van der Waals surface area contributed by atoms with Gasteiger partial charge in [-0.05, 0) is 28.1 Å². The lowest BCUT2D eigenvalue weighted by Crippen LogP contribution is -2.06. The van der Waals surface area contributed by atoms with Crippen LogP contribution < -0.4 is 0 Å². The average molecular weight is 237 g/mol. The molecule has 0 aromatic heterocycles. The molecular formula is C8H7BrF2O. The molecule has 1 rings (SSSR count). The lowest BCUT2D eigenvalue weighted by molar-refractivity contribution is 0.0172. The second kappa shape index (κ2) is 3.01. The number of phenols is 1. The van der Waals surface area contributed by atoms with E-state index in [2.05, 4.69) is 15.9 Å². The maximum Gasteiger partial charge on any atom is 0.270 e. The van der Waals surface area contributed by atoms with E-state index in [1.165, 1.54) is 12.1 Å². The van der Waals surface area contributed by atoms with Gasteiger partial charge in [0.05, 0.1) is 4.47 Å². The van der Waals surface area contributed by atoms with Crippen LogP contribution in [0.5, 0.6) is 5.75 Å². The van der Waals surface area contributed by atoms with E-state index in [0.717, 1.165) is 13.0 Å². The zero-order chi connectivity index (χ0) is 9.35. The Bertz CT molecular complexity index is 294. The molecule has 12 heavy (non-hydrogen) atoms. The summed E-state index contributed by atoms with van der Waals surface area (Å²) in [5.74, 6) is -3.08. The van der Waals surface area contributed by atoms with Gasteiger partial charge in [-0.3, -0.25) is 0 Å². The van der Waals surface area contributed by atoms with Crippen LogP contribution in [0.2, 0.25) is 0 Å². The molecule has 0 radical (unpaired) electrons. The molecule has 0 saturated carbocycles. The third-order valence-corrected chi connectivity index (χ3v) is 2.12. The second-order valence-corrected chi connectivity index (χ2v) is 3.41. The lowest BCUT2D eigenvalue weighted by Gasteiger charge is -2.10. The molecule has 0 aliphatic heterocycles. The monoisotopic (exact) mass is 236 g/mol. The van der Waals surface area contributed by atoms with Crippen molar-refractivity contribution in [2.24, 2.45) is 0 Å². The summed E-state index contributed by atoms with van der Waals surface area (Å²) < 4.78 is 25.7. The van der Waals surface area contributed by atoms with Crippen LogP contribution >= 0.6 is 15.9 Å². The lowest BCUT2D eigenvalue weighted by atomic mass is 10.1. The first-order chi connectivity index (χ1) is 5.41. The summed E-state index contributed by atoms with van der Waals surface area (Å²) in [6, 6.07) is 3.70. The molecule has 1 nitrogen and oxygen atoms in total. The number of hydrogen-bond acceptors (Lipinski definition) is 1. The van der Waals surface area contributed by atoms with E-state index in [9.17, 15) is 8.78 Å². The molecule has 0 heterocycles. The van der Waals surface area contributed by atoms with Crippen molar-refractivity contribution in [3.8, 4) is 5.75 Å². The Kier molecular flexibility index (Phi) is 2.37. The van der Waals surface area contributed by atoms with Crippen LogP contribution in [-0.4, -0.2) is 5.11 Å². The summed E-state index contributed by atoms with van der Waals surface area (Å²) in [4.78, 5) is 0. The molecule has 0 atom stereocenters. The summed E-state index contributed by atoms with van der Waals surface area (Å²) in [6.45, 7) is 0.787. The number of benzene rings is 1. The van der Waals surface area contributed by atoms with Gasteiger partial charge in [0.25, 0.3) is 5.92 Å². The molecule has 1 N–H and O–H groups in total. The highest BCUT2D eigenvalue weighted by molar-refractivity contribution is 9.10. The van der Waals surface area contributed by atoms with Crippen molar-refractivity contribution in [1.82, 2.24) is 0 Å². The minimum absolute atomic E-state index is 0.172. The first-order valence-corrected chi connectivity index (χ1v) is 4.07. The van der Waals surface area contributed by atoms with Crippen LogP contribution in [0.15, 0.2) is 22.7 Å². The SMILES string of the molecule is CC(F)(F)c1ccc(Br)c(O)c1. The van der Waals surface area contributed by atoms with Crippen molar-refractivity contribution in [3.63, 3.8) is 0 Å². The smallest absolute Gasteiger partial charge is 0.270 e. The summed E-state index contributed by atoms with van der Waals surface area (Å²) >= 11 is 3.00. The van der Waals surface area contributed by atoms with E-state index in [1.54, 1.807) is 0 Å². The summed E-state index contributed by atoms with van der Waals surface area (Å²) in [5.41, 5.74) is -0.191. The van der Waals surface area contributed by atoms with Gasteiger partial charge < -0.3 is 5.11 Å². The second-order valence-electron chi connectivity index (χ2n) is 2.55. The largest absolute Gasteiger partial charge is 0.507 e. The van der Waals surface area contributed by atoms with Crippen molar-refractivity contribution >= 4 is 15.9 Å². The fourth-order valence-electron chi connectivity index (χ4n) is 0.786. The molecular weight excluding hydrogens is 230 g/mol. The average Bonchev–Trinajstić information content (AvgIpc) is 1.92. The molecule has 0 aliphatic rings. The fraction of sp³-hybridized carbons (Fsp3) is 0.250. The van der Waals surface area contributed by atoms with Crippen molar-refractivity contribution in [2.75, 3.05) is 0 Å².